The molecule has 3 rings (SSSR count). The number of piperidine rings is 1. The molecule has 0 radical (unpaired) electrons. The second kappa shape index (κ2) is 6.37. The number of aromatic hydroxyl groups is 1. The zero-order valence-electron chi connectivity index (χ0n) is 13.3. The van der Waals surface area contributed by atoms with Gasteiger partial charge in [0, 0.05) is 18.1 Å². The number of hydrogen-bond acceptors (Lipinski definition) is 3. The average Bonchev–Trinajstić information content (AvgIpc) is 2.48. The Labute approximate surface area is 128 Å². The van der Waals surface area contributed by atoms with Crippen molar-refractivity contribution in [2.45, 2.75) is 64.1 Å². The molecule has 1 aliphatic heterocycles. The molecule has 3 heteroatoms. The Hall–Kier alpha value is -1.06. The lowest BCUT2D eigenvalue weighted by molar-refractivity contribution is 0.155. The molecule has 0 amide bonds. The van der Waals surface area contributed by atoms with Crippen LogP contribution in [0.3, 0.4) is 0 Å². The molecule has 116 valence electrons. The number of nitrogens with zero attached hydrogens (tertiary/aromatic N) is 1. The van der Waals surface area contributed by atoms with Gasteiger partial charge in [-0.05, 0) is 82.3 Å². The van der Waals surface area contributed by atoms with E-state index in [0.29, 0.717) is 23.9 Å². The Morgan fingerprint density at radius 3 is 2.67 bits per heavy atom. The number of aryl methyl sites for hydroxylation is 1. The largest absolute Gasteiger partial charge is 0.508 e. The molecule has 0 saturated carbocycles. The molecule has 1 unspecified atom stereocenters. The van der Waals surface area contributed by atoms with E-state index >= 15 is 0 Å². The lowest BCUT2D eigenvalue weighted by Gasteiger charge is -2.37. The topological polar surface area (TPSA) is 35.5 Å². The second-order valence-electron chi connectivity index (χ2n) is 6.90. The molecule has 1 aromatic carbocycles. The highest BCUT2D eigenvalue weighted by Gasteiger charge is 2.26. The third-order valence-corrected chi connectivity index (χ3v) is 5.14. The minimum Gasteiger partial charge on any atom is -0.508 e. The summed E-state index contributed by atoms with van der Waals surface area (Å²) in [5.74, 6) is 0.400. The van der Waals surface area contributed by atoms with Gasteiger partial charge in [0.05, 0.1) is 0 Å². The fraction of sp³-hybridized carbons (Fsp3) is 0.667. The van der Waals surface area contributed by atoms with Gasteiger partial charge in [-0.3, -0.25) is 0 Å². The molecule has 2 N–H and O–H groups in total. The number of hydrogen-bond donors (Lipinski definition) is 2. The molecular weight excluding hydrogens is 260 g/mol. The van der Waals surface area contributed by atoms with Gasteiger partial charge in [-0.25, -0.2) is 0 Å². The van der Waals surface area contributed by atoms with Gasteiger partial charge >= 0.3 is 0 Å². The van der Waals surface area contributed by atoms with Crippen molar-refractivity contribution in [1.82, 2.24) is 10.2 Å². The number of benzene rings is 1. The monoisotopic (exact) mass is 288 g/mol. The van der Waals surface area contributed by atoms with Gasteiger partial charge in [0.2, 0.25) is 0 Å². The van der Waals surface area contributed by atoms with E-state index in [1.807, 2.05) is 12.1 Å². The van der Waals surface area contributed by atoms with Crippen LogP contribution in [0.1, 0.15) is 56.7 Å². The van der Waals surface area contributed by atoms with E-state index in [0.717, 1.165) is 6.42 Å². The van der Waals surface area contributed by atoms with Crippen LogP contribution in [0.25, 0.3) is 0 Å². The van der Waals surface area contributed by atoms with Crippen LogP contribution in [-0.2, 0) is 6.42 Å². The highest BCUT2D eigenvalue weighted by atomic mass is 16.3. The minimum atomic E-state index is 0.400. The molecule has 0 aromatic heterocycles. The van der Waals surface area contributed by atoms with Gasteiger partial charge in [0.1, 0.15) is 5.75 Å². The maximum absolute atomic E-state index is 9.77. The maximum Gasteiger partial charge on any atom is 0.115 e. The van der Waals surface area contributed by atoms with Gasteiger partial charge in [-0.2, -0.15) is 0 Å². The second-order valence-corrected chi connectivity index (χ2v) is 6.90. The molecule has 0 bridgehead atoms. The Bertz CT molecular complexity index is 478. The van der Waals surface area contributed by atoms with E-state index in [9.17, 15) is 5.11 Å². The van der Waals surface area contributed by atoms with E-state index in [2.05, 4.69) is 30.1 Å². The van der Waals surface area contributed by atoms with Crippen LogP contribution in [0.2, 0.25) is 0 Å². The van der Waals surface area contributed by atoms with Crippen LogP contribution in [0, 0.1) is 0 Å². The average molecular weight is 288 g/mol. The third-order valence-electron chi connectivity index (χ3n) is 5.14. The first-order chi connectivity index (χ1) is 10.1. The standard InChI is InChI=1S/C18H28N2O/c1-13(2)20-10-8-15(9-11-20)19-18-5-3-4-14-6-7-16(21)12-17(14)18/h6-7,12-13,15,18-19,21H,3-5,8-11H2,1-2H3. The van der Waals surface area contributed by atoms with Crippen LogP contribution >= 0.6 is 0 Å². The van der Waals surface area contributed by atoms with Crippen molar-refractivity contribution in [2.75, 3.05) is 13.1 Å². The molecule has 2 aliphatic rings. The number of rotatable bonds is 3. The highest BCUT2D eigenvalue weighted by Crippen LogP contribution is 2.33. The predicted octanol–water partition coefficient (Wildman–Crippen LogP) is 3.23. The number of phenols is 1. The number of nitrogens with one attached hydrogen (secondary N) is 1. The highest BCUT2D eigenvalue weighted by molar-refractivity contribution is 5.38. The Morgan fingerprint density at radius 2 is 1.95 bits per heavy atom. The van der Waals surface area contributed by atoms with Crippen molar-refractivity contribution in [1.29, 1.82) is 0 Å². The summed E-state index contributed by atoms with van der Waals surface area (Å²) in [5.41, 5.74) is 2.74. The van der Waals surface area contributed by atoms with Crippen LogP contribution in [0.15, 0.2) is 18.2 Å². The molecule has 3 nitrogen and oxygen atoms in total. The summed E-state index contributed by atoms with van der Waals surface area (Å²) >= 11 is 0. The summed E-state index contributed by atoms with van der Waals surface area (Å²) in [7, 11) is 0. The van der Waals surface area contributed by atoms with Crippen molar-refractivity contribution in [2.24, 2.45) is 0 Å². The summed E-state index contributed by atoms with van der Waals surface area (Å²) in [6.07, 6.45) is 6.08. The molecule has 1 atom stereocenters. The summed E-state index contributed by atoms with van der Waals surface area (Å²) in [4.78, 5) is 2.57. The van der Waals surface area contributed by atoms with Crippen LogP contribution in [0.5, 0.6) is 5.75 Å². The van der Waals surface area contributed by atoms with Gasteiger partial charge in [-0.15, -0.1) is 0 Å². The zero-order valence-corrected chi connectivity index (χ0v) is 13.3. The normalized spacial score (nSPS) is 24.2. The molecule has 1 heterocycles. The first-order valence-electron chi connectivity index (χ1n) is 8.45. The van der Waals surface area contributed by atoms with Crippen molar-refractivity contribution in [3.63, 3.8) is 0 Å². The van der Waals surface area contributed by atoms with E-state index in [1.54, 1.807) is 0 Å². The van der Waals surface area contributed by atoms with Gasteiger partial charge in [-0.1, -0.05) is 6.07 Å². The third kappa shape index (κ3) is 3.41. The Balaban J connectivity index is 1.63. The van der Waals surface area contributed by atoms with Crippen molar-refractivity contribution in [3.8, 4) is 5.75 Å². The van der Waals surface area contributed by atoms with Crippen molar-refractivity contribution in [3.05, 3.63) is 29.3 Å². The molecule has 0 spiro atoms. The lowest BCUT2D eigenvalue weighted by atomic mass is 9.86. The molecular formula is C18H28N2O. The van der Waals surface area contributed by atoms with E-state index < -0.39 is 0 Å². The lowest BCUT2D eigenvalue weighted by Crippen LogP contribution is -2.46. The maximum atomic E-state index is 9.77. The van der Waals surface area contributed by atoms with E-state index in [1.165, 1.54) is 49.9 Å². The Morgan fingerprint density at radius 1 is 1.19 bits per heavy atom. The fourth-order valence-corrected chi connectivity index (χ4v) is 3.83. The number of fused-ring (bicyclic) bond motifs is 1. The first-order valence-corrected chi connectivity index (χ1v) is 8.45. The molecule has 1 aromatic rings. The van der Waals surface area contributed by atoms with Gasteiger partial charge < -0.3 is 15.3 Å². The number of likely N-dealkylation sites (tertiary alicyclic amines) is 1. The fourth-order valence-electron chi connectivity index (χ4n) is 3.83. The van der Waals surface area contributed by atoms with Crippen LogP contribution < -0.4 is 5.32 Å². The molecule has 1 fully saturated rings. The summed E-state index contributed by atoms with van der Waals surface area (Å²) in [5, 5.41) is 13.6. The SMILES string of the molecule is CC(C)N1CCC(NC2CCCc3ccc(O)cc32)CC1. The van der Waals surface area contributed by atoms with Crippen molar-refractivity contribution < 1.29 is 5.11 Å². The van der Waals surface area contributed by atoms with Crippen LogP contribution in [0.4, 0.5) is 0 Å². The quantitative estimate of drug-likeness (QED) is 0.896. The Kier molecular flexibility index (Phi) is 4.51. The smallest absolute Gasteiger partial charge is 0.115 e. The van der Waals surface area contributed by atoms with E-state index in [-0.39, 0.29) is 0 Å². The number of phenolic OH excluding ortho intramolecular Hbond substituents is 1. The van der Waals surface area contributed by atoms with Gasteiger partial charge in [0.15, 0.2) is 0 Å². The summed E-state index contributed by atoms with van der Waals surface area (Å²) in [6.45, 7) is 6.98. The van der Waals surface area contributed by atoms with E-state index in [4.69, 9.17) is 0 Å². The summed E-state index contributed by atoms with van der Waals surface area (Å²) < 4.78 is 0. The minimum absolute atomic E-state index is 0.400. The summed E-state index contributed by atoms with van der Waals surface area (Å²) in [6, 6.07) is 7.60. The van der Waals surface area contributed by atoms with Gasteiger partial charge in [0.25, 0.3) is 0 Å². The molecule has 21 heavy (non-hydrogen) atoms. The zero-order chi connectivity index (χ0) is 14.8. The van der Waals surface area contributed by atoms with Crippen molar-refractivity contribution >= 4 is 0 Å². The molecule has 1 saturated heterocycles. The molecule has 1 aliphatic carbocycles. The first kappa shape index (κ1) is 14.9. The van der Waals surface area contributed by atoms with Crippen LogP contribution in [-0.4, -0.2) is 35.2 Å². The predicted molar refractivity (Wildman–Crippen MR) is 86.7 cm³/mol.